The Morgan fingerprint density at radius 3 is 2.20 bits per heavy atom. The molecule has 2 atom stereocenters. The fraction of sp³-hybridized carbons (Fsp3) is 0.263. The number of benzene rings is 2. The first-order chi connectivity index (χ1) is 12.0. The zero-order valence-electron chi connectivity index (χ0n) is 14.4. The molecule has 6 nitrogen and oxygen atoms in total. The van der Waals surface area contributed by atoms with Gasteiger partial charge in [-0.25, -0.2) is 0 Å². The van der Waals surface area contributed by atoms with Gasteiger partial charge in [0.15, 0.2) is 11.5 Å². The average molecular weight is 340 g/mol. The molecule has 2 aromatic rings. The Labute approximate surface area is 146 Å². The molecule has 1 aliphatic rings. The molecule has 0 aliphatic carbocycles. The molecule has 0 radical (unpaired) electrons. The van der Waals surface area contributed by atoms with Gasteiger partial charge in [-0.3, -0.25) is 9.59 Å². The summed E-state index contributed by atoms with van der Waals surface area (Å²) in [4.78, 5) is 25.4. The summed E-state index contributed by atoms with van der Waals surface area (Å²) >= 11 is 0. The SMILES string of the molecule is CC(=O)N(C)c1ccc(NC(=O)[C@H]2Oc3ccccc3O[C@@H]2C)cc1. The zero-order chi connectivity index (χ0) is 18.0. The van der Waals surface area contributed by atoms with Crippen molar-refractivity contribution in [3.8, 4) is 11.5 Å². The molecule has 0 saturated carbocycles. The molecule has 0 saturated heterocycles. The number of hydrogen-bond donors (Lipinski definition) is 1. The van der Waals surface area contributed by atoms with Crippen LogP contribution in [-0.4, -0.2) is 31.1 Å². The van der Waals surface area contributed by atoms with Gasteiger partial charge in [-0.2, -0.15) is 0 Å². The highest BCUT2D eigenvalue weighted by Crippen LogP contribution is 2.33. The first kappa shape index (κ1) is 16.8. The third-order valence-electron chi connectivity index (χ3n) is 4.10. The molecule has 3 rings (SSSR count). The molecule has 1 aliphatic heterocycles. The van der Waals surface area contributed by atoms with Crippen molar-refractivity contribution in [3.63, 3.8) is 0 Å². The van der Waals surface area contributed by atoms with Crippen molar-refractivity contribution in [1.29, 1.82) is 0 Å². The van der Waals surface area contributed by atoms with Crippen molar-refractivity contribution in [3.05, 3.63) is 48.5 Å². The number of nitrogens with one attached hydrogen (secondary N) is 1. The molecule has 0 unspecified atom stereocenters. The molecule has 6 heteroatoms. The molecule has 0 bridgehead atoms. The Balaban J connectivity index is 1.69. The van der Waals surface area contributed by atoms with Crippen LogP contribution < -0.4 is 19.7 Å². The van der Waals surface area contributed by atoms with Gasteiger partial charge in [0.1, 0.15) is 6.10 Å². The quantitative estimate of drug-likeness (QED) is 0.933. The lowest BCUT2D eigenvalue weighted by molar-refractivity contribution is -0.128. The molecule has 1 N–H and O–H groups in total. The third kappa shape index (κ3) is 3.57. The molecule has 130 valence electrons. The van der Waals surface area contributed by atoms with Gasteiger partial charge in [-0.05, 0) is 43.3 Å². The van der Waals surface area contributed by atoms with Crippen LogP contribution in [0.25, 0.3) is 0 Å². The summed E-state index contributed by atoms with van der Waals surface area (Å²) in [5.41, 5.74) is 1.38. The summed E-state index contributed by atoms with van der Waals surface area (Å²) in [6, 6.07) is 14.3. The molecule has 2 amide bonds. The lowest BCUT2D eigenvalue weighted by Gasteiger charge is -2.31. The number of amides is 2. The summed E-state index contributed by atoms with van der Waals surface area (Å²) in [6.07, 6.45) is -1.15. The van der Waals surface area contributed by atoms with Gasteiger partial charge < -0.3 is 19.7 Å². The van der Waals surface area contributed by atoms with E-state index in [-0.39, 0.29) is 11.8 Å². The van der Waals surface area contributed by atoms with E-state index in [1.807, 2.05) is 18.2 Å². The van der Waals surface area contributed by atoms with Gasteiger partial charge in [0.2, 0.25) is 12.0 Å². The predicted molar refractivity (Wildman–Crippen MR) is 95.1 cm³/mol. The van der Waals surface area contributed by atoms with Gasteiger partial charge >= 0.3 is 0 Å². The minimum atomic E-state index is -0.741. The highest BCUT2D eigenvalue weighted by molar-refractivity contribution is 5.96. The second-order valence-corrected chi connectivity index (χ2v) is 5.92. The maximum Gasteiger partial charge on any atom is 0.269 e. The number of carbonyl (C=O) groups is 2. The van der Waals surface area contributed by atoms with Crippen molar-refractivity contribution < 1.29 is 19.1 Å². The van der Waals surface area contributed by atoms with Crippen LogP contribution in [0, 0.1) is 0 Å². The maximum atomic E-state index is 12.5. The van der Waals surface area contributed by atoms with Crippen LogP contribution >= 0.6 is 0 Å². The van der Waals surface area contributed by atoms with Crippen LogP contribution in [0.3, 0.4) is 0 Å². The molecule has 25 heavy (non-hydrogen) atoms. The topological polar surface area (TPSA) is 67.9 Å². The van der Waals surface area contributed by atoms with Crippen molar-refractivity contribution in [1.82, 2.24) is 0 Å². The lowest BCUT2D eigenvalue weighted by Crippen LogP contribution is -2.46. The van der Waals surface area contributed by atoms with E-state index in [4.69, 9.17) is 9.47 Å². The van der Waals surface area contributed by atoms with Crippen molar-refractivity contribution >= 4 is 23.2 Å². The number of anilines is 2. The molecule has 1 heterocycles. The Hall–Kier alpha value is -3.02. The van der Waals surface area contributed by atoms with Crippen LogP contribution in [0.15, 0.2) is 48.5 Å². The minimum absolute atomic E-state index is 0.0583. The van der Waals surface area contributed by atoms with Crippen LogP contribution in [0.2, 0.25) is 0 Å². The second kappa shape index (κ2) is 6.84. The third-order valence-corrected chi connectivity index (χ3v) is 4.10. The number of hydrogen-bond acceptors (Lipinski definition) is 4. The van der Waals surface area contributed by atoms with Crippen molar-refractivity contribution in [2.24, 2.45) is 0 Å². The largest absolute Gasteiger partial charge is 0.482 e. The molecule has 2 aromatic carbocycles. The number of fused-ring (bicyclic) bond motifs is 1. The second-order valence-electron chi connectivity index (χ2n) is 5.92. The van der Waals surface area contributed by atoms with Gasteiger partial charge in [0.25, 0.3) is 5.91 Å². The van der Waals surface area contributed by atoms with Crippen LogP contribution in [0.5, 0.6) is 11.5 Å². The van der Waals surface area contributed by atoms with E-state index in [1.54, 1.807) is 44.3 Å². The summed E-state index contributed by atoms with van der Waals surface area (Å²) in [5, 5.41) is 2.82. The van der Waals surface area contributed by atoms with E-state index in [9.17, 15) is 9.59 Å². The number of para-hydroxylation sites is 2. The molecular weight excluding hydrogens is 320 g/mol. The van der Waals surface area contributed by atoms with Gasteiger partial charge in [-0.15, -0.1) is 0 Å². The van der Waals surface area contributed by atoms with Crippen LogP contribution in [0.4, 0.5) is 11.4 Å². The van der Waals surface area contributed by atoms with E-state index in [0.29, 0.717) is 17.2 Å². The summed E-state index contributed by atoms with van der Waals surface area (Å²) in [5.74, 6) is 0.849. The fourth-order valence-electron chi connectivity index (χ4n) is 2.57. The first-order valence-corrected chi connectivity index (χ1v) is 8.03. The summed E-state index contributed by atoms with van der Waals surface area (Å²) in [6.45, 7) is 3.29. The Morgan fingerprint density at radius 2 is 1.60 bits per heavy atom. The van der Waals surface area contributed by atoms with E-state index in [0.717, 1.165) is 5.69 Å². The Morgan fingerprint density at radius 1 is 1.00 bits per heavy atom. The van der Waals surface area contributed by atoms with Crippen molar-refractivity contribution in [2.45, 2.75) is 26.1 Å². The number of carbonyl (C=O) groups excluding carboxylic acids is 2. The Bertz CT molecular complexity index is 788. The minimum Gasteiger partial charge on any atom is -0.482 e. The number of rotatable bonds is 3. The van der Waals surface area contributed by atoms with Crippen molar-refractivity contribution in [2.75, 3.05) is 17.3 Å². The summed E-state index contributed by atoms with van der Waals surface area (Å²) < 4.78 is 11.5. The zero-order valence-corrected chi connectivity index (χ0v) is 14.4. The number of ether oxygens (including phenoxy) is 2. The monoisotopic (exact) mass is 340 g/mol. The van der Waals surface area contributed by atoms with Gasteiger partial charge in [0.05, 0.1) is 0 Å². The highest BCUT2D eigenvalue weighted by atomic mass is 16.6. The average Bonchev–Trinajstić information content (AvgIpc) is 2.61. The maximum absolute atomic E-state index is 12.5. The Kier molecular flexibility index (Phi) is 4.61. The standard InChI is InChI=1S/C19H20N2O4/c1-12-18(25-17-7-5-4-6-16(17)24-12)19(23)20-14-8-10-15(11-9-14)21(3)13(2)22/h4-12,18H,1-3H3,(H,20,23)/t12-,18+/m1/s1. The molecule has 0 fully saturated rings. The van der Waals surface area contributed by atoms with E-state index in [2.05, 4.69) is 5.32 Å². The highest BCUT2D eigenvalue weighted by Gasteiger charge is 2.34. The molecule has 0 aromatic heterocycles. The lowest BCUT2D eigenvalue weighted by atomic mass is 10.1. The molecule has 0 spiro atoms. The fourth-order valence-corrected chi connectivity index (χ4v) is 2.57. The van der Waals surface area contributed by atoms with Gasteiger partial charge in [-0.1, -0.05) is 12.1 Å². The predicted octanol–water partition coefficient (Wildman–Crippen LogP) is 2.84. The summed E-state index contributed by atoms with van der Waals surface area (Å²) in [7, 11) is 1.70. The van der Waals surface area contributed by atoms with E-state index >= 15 is 0 Å². The van der Waals surface area contributed by atoms with Gasteiger partial charge in [0, 0.05) is 25.3 Å². The van der Waals surface area contributed by atoms with E-state index in [1.165, 1.54) is 11.8 Å². The number of nitrogens with zero attached hydrogens (tertiary/aromatic N) is 1. The first-order valence-electron chi connectivity index (χ1n) is 8.03. The van der Waals surface area contributed by atoms with E-state index < -0.39 is 12.2 Å². The normalized spacial score (nSPS) is 18.4. The van der Waals surface area contributed by atoms with Crippen LogP contribution in [0.1, 0.15) is 13.8 Å². The molecular formula is C19H20N2O4. The smallest absolute Gasteiger partial charge is 0.269 e. The van der Waals surface area contributed by atoms with Crippen LogP contribution in [-0.2, 0) is 9.59 Å².